The fraction of sp³-hybridized carbons (Fsp3) is 0.312. The van der Waals surface area contributed by atoms with Crippen LogP contribution in [0, 0.1) is 0 Å². The highest BCUT2D eigenvalue weighted by Gasteiger charge is 2.43. The summed E-state index contributed by atoms with van der Waals surface area (Å²) >= 11 is 0. The minimum atomic E-state index is -0.655. The molecule has 5 nitrogen and oxygen atoms in total. The molecule has 0 radical (unpaired) electrons. The van der Waals surface area contributed by atoms with Crippen LogP contribution in [0.5, 0.6) is 0 Å². The van der Waals surface area contributed by atoms with Crippen molar-refractivity contribution in [3.63, 3.8) is 0 Å². The highest BCUT2D eigenvalue weighted by atomic mass is 16.2. The summed E-state index contributed by atoms with van der Waals surface area (Å²) in [6, 6.07) is 8.92. The van der Waals surface area contributed by atoms with Gasteiger partial charge in [-0.15, -0.1) is 0 Å². The van der Waals surface area contributed by atoms with Gasteiger partial charge < -0.3 is 4.90 Å². The molecule has 3 amide bonds. The first-order valence-corrected chi connectivity index (χ1v) is 7.04. The van der Waals surface area contributed by atoms with Crippen LogP contribution in [-0.2, 0) is 14.4 Å². The lowest BCUT2D eigenvalue weighted by Crippen LogP contribution is -2.45. The fourth-order valence-corrected chi connectivity index (χ4v) is 2.52. The van der Waals surface area contributed by atoms with Crippen molar-refractivity contribution in [1.29, 1.82) is 0 Å². The molecule has 1 aliphatic heterocycles. The maximum absolute atomic E-state index is 12.4. The Balaban J connectivity index is 1.75. The second-order valence-corrected chi connectivity index (χ2v) is 5.35. The lowest BCUT2D eigenvalue weighted by Gasteiger charge is -2.25. The van der Waals surface area contributed by atoms with Gasteiger partial charge in [0, 0.05) is 12.1 Å². The van der Waals surface area contributed by atoms with Crippen molar-refractivity contribution in [3.8, 4) is 0 Å². The van der Waals surface area contributed by atoms with Gasteiger partial charge in [-0.25, -0.2) is 0 Å². The zero-order valence-electron chi connectivity index (χ0n) is 11.5. The molecule has 5 heteroatoms. The third kappa shape index (κ3) is 3.02. The number of amides is 3. The molecule has 1 aromatic rings. The Bertz CT molecular complexity index is 605. The van der Waals surface area contributed by atoms with E-state index in [1.54, 1.807) is 11.0 Å². The van der Waals surface area contributed by atoms with Gasteiger partial charge >= 0.3 is 0 Å². The average molecular weight is 284 g/mol. The van der Waals surface area contributed by atoms with E-state index in [1.807, 2.05) is 30.3 Å². The average Bonchev–Trinajstić information content (AvgIpc) is 3.24. The summed E-state index contributed by atoms with van der Waals surface area (Å²) in [5.74, 6) is -0.889. The molecule has 108 valence electrons. The summed E-state index contributed by atoms with van der Waals surface area (Å²) in [5, 5.41) is 2.26. The molecule has 1 aliphatic carbocycles. The summed E-state index contributed by atoms with van der Waals surface area (Å²) < 4.78 is 0. The lowest BCUT2D eigenvalue weighted by atomic mass is 10.1. The van der Waals surface area contributed by atoms with E-state index >= 15 is 0 Å². The van der Waals surface area contributed by atoms with Crippen LogP contribution in [-0.4, -0.2) is 34.7 Å². The normalized spacial score (nSPS) is 21.6. The fourth-order valence-electron chi connectivity index (χ4n) is 2.52. The maximum atomic E-state index is 12.4. The molecule has 0 bridgehead atoms. The summed E-state index contributed by atoms with van der Waals surface area (Å²) in [7, 11) is 0. The quantitative estimate of drug-likeness (QED) is 0.665. The molecule has 1 N–H and O–H groups in total. The van der Waals surface area contributed by atoms with Gasteiger partial charge in [0.2, 0.25) is 17.7 Å². The smallest absolute Gasteiger partial charge is 0.249 e. The summed E-state index contributed by atoms with van der Waals surface area (Å²) in [5.41, 5.74) is 0.925. The lowest BCUT2D eigenvalue weighted by molar-refractivity contribution is -0.135. The van der Waals surface area contributed by atoms with Crippen molar-refractivity contribution in [3.05, 3.63) is 42.0 Å². The molecule has 1 heterocycles. The number of hydrogen-bond acceptors (Lipinski definition) is 3. The van der Waals surface area contributed by atoms with Crippen LogP contribution in [0.1, 0.15) is 24.8 Å². The Morgan fingerprint density at radius 3 is 2.48 bits per heavy atom. The number of imide groups is 1. The van der Waals surface area contributed by atoms with Gasteiger partial charge in [0.1, 0.15) is 6.04 Å². The maximum Gasteiger partial charge on any atom is 0.249 e. The molecule has 2 fully saturated rings. The van der Waals surface area contributed by atoms with Crippen molar-refractivity contribution in [1.82, 2.24) is 10.2 Å². The number of carbonyl (C=O) groups excluding carboxylic acids is 3. The minimum Gasteiger partial charge on any atom is -0.324 e. The van der Waals surface area contributed by atoms with Crippen molar-refractivity contribution in [2.24, 2.45) is 0 Å². The van der Waals surface area contributed by atoms with Crippen molar-refractivity contribution in [2.45, 2.75) is 31.3 Å². The topological polar surface area (TPSA) is 66.5 Å². The molecule has 1 saturated carbocycles. The first-order chi connectivity index (χ1) is 10.1. The first kappa shape index (κ1) is 13.5. The number of hydrogen-bond donors (Lipinski definition) is 1. The minimum absolute atomic E-state index is 0.0697. The predicted molar refractivity (Wildman–Crippen MR) is 76.9 cm³/mol. The number of rotatable bonds is 4. The van der Waals surface area contributed by atoms with Gasteiger partial charge in [0.15, 0.2) is 0 Å². The SMILES string of the molecule is O=C1CC(N(C(=O)C=Cc2ccccc2)C2CC2)C(=O)N1. The predicted octanol–water partition coefficient (Wildman–Crippen LogP) is 1.11. The Hall–Kier alpha value is -2.43. The molecular formula is C16H16N2O3. The van der Waals surface area contributed by atoms with E-state index in [0.29, 0.717) is 0 Å². The largest absolute Gasteiger partial charge is 0.324 e. The van der Waals surface area contributed by atoms with Crippen LogP contribution in [0.4, 0.5) is 0 Å². The number of carbonyl (C=O) groups is 3. The standard InChI is InChI=1S/C16H16N2O3/c19-14-10-13(16(21)17-14)18(12-7-8-12)15(20)9-6-11-4-2-1-3-5-11/h1-6,9,12-13H,7-8,10H2,(H,17,19,21). The number of nitrogens with zero attached hydrogens (tertiary/aromatic N) is 1. The highest BCUT2D eigenvalue weighted by molar-refractivity contribution is 6.07. The van der Waals surface area contributed by atoms with Gasteiger partial charge in [-0.3, -0.25) is 19.7 Å². The zero-order valence-corrected chi connectivity index (χ0v) is 11.5. The Morgan fingerprint density at radius 2 is 1.90 bits per heavy atom. The van der Waals surface area contributed by atoms with Gasteiger partial charge in [0.25, 0.3) is 0 Å². The van der Waals surface area contributed by atoms with Crippen molar-refractivity contribution in [2.75, 3.05) is 0 Å². The van der Waals surface area contributed by atoms with Gasteiger partial charge in [-0.2, -0.15) is 0 Å². The monoisotopic (exact) mass is 284 g/mol. The summed E-state index contributed by atoms with van der Waals surface area (Å²) in [4.78, 5) is 37.1. The van der Waals surface area contributed by atoms with E-state index in [-0.39, 0.29) is 30.2 Å². The summed E-state index contributed by atoms with van der Waals surface area (Å²) in [6.07, 6.45) is 5.06. The van der Waals surface area contributed by atoms with E-state index in [0.717, 1.165) is 18.4 Å². The molecule has 1 saturated heterocycles. The number of benzene rings is 1. The van der Waals surface area contributed by atoms with Crippen molar-refractivity contribution < 1.29 is 14.4 Å². The molecule has 3 rings (SSSR count). The van der Waals surface area contributed by atoms with Crippen LogP contribution in [0.2, 0.25) is 0 Å². The molecule has 1 atom stereocenters. The highest BCUT2D eigenvalue weighted by Crippen LogP contribution is 2.31. The number of nitrogens with one attached hydrogen (secondary N) is 1. The second kappa shape index (κ2) is 5.52. The third-order valence-corrected chi connectivity index (χ3v) is 3.69. The van der Waals surface area contributed by atoms with E-state index in [2.05, 4.69) is 5.32 Å². The third-order valence-electron chi connectivity index (χ3n) is 3.69. The van der Waals surface area contributed by atoms with Crippen LogP contribution in [0.3, 0.4) is 0 Å². The Morgan fingerprint density at radius 1 is 1.19 bits per heavy atom. The van der Waals surface area contributed by atoms with Crippen LogP contribution >= 0.6 is 0 Å². The molecule has 0 aromatic heterocycles. The molecular weight excluding hydrogens is 268 g/mol. The van der Waals surface area contributed by atoms with Gasteiger partial charge in [-0.05, 0) is 24.5 Å². The van der Waals surface area contributed by atoms with Crippen molar-refractivity contribution >= 4 is 23.8 Å². The van der Waals surface area contributed by atoms with Crippen LogP contribution in [0.15, 0.2) is 36.4 Å². The molecule has 1 unspecified atom stereocenters. The Labute approximate surface area is 122 Å². The van der Waals surface area contributed by atoms with Crippen LogP contribution < -0.4 is 5.32 Å². The zero-order chi connectivity index (χ0) is 14.8. The van der Waals surface area contributed by atoms with E-state index in [4.69, 9.17) is 0 Å². The van der Waals surface area contributed by atoms with Crippen LogP contribution in [0.25, 0.3) is 6.08 Å². The Kier molecular flexibility index (Phi) is 3.56. The molecule has 2 aliphatic rings. The van der Waals surface area contributed by atoms with E-state index in [9.17, 15) is 14.4 Å². The molecule has 0 spiro atoms. The second-order valence-electron chi connectivity index (χ2n) is 5.35. The first-order valence-electron chi connectivity index (χ1n) is 7.04. The molecule has 1 aromatic carbocycles. The van der Waals surface area contributed by atoms with Gasteiger partial charge in [-0.1, -0.05) is 30.3 Å². The van der Waals surface area contributed by atoms with E-state index < -0.39 is 6.04 Å². The molecule has 21 heavy (non-hydrogen) atoms. The van der Waals surface area contributed by atoms with E-state index in [1.165, 1.54) is 6.08 Å². The summed E-state index contributed by atoms with van der Waals surface area (Å²) in [6.45, 7) is 0. The van der Waals surface area contributed by atoms with Gasteiger partial charge in [0.05, 0.1) is 6.42 Å².